The first-order valence-corrected chi connectivity index (χ1v) is 7.79. The number of amides is 3. The van der Waals surface area contributed by atoms with Crippen molar-refractivity contribution in [1.82, 2.24) is 20.6 Å². The molecule has 0 bridgehead atoms. The van der Waals surface area contributed by atoms with Crippen molar-refractivity contribution in [1.29, 1.82) is 0 Å². The van der Waals surface area contributed by atoms with Gasteiger partial charge in [0.05, 0.1) is 12.1 Å². The standard InChI is InChI=1S/C17H21N5O3/c1-11-8-12(2)22(21-11)10-17(25)20-19-16(24)9-14-4-6-15(7-5-14)18-13(3)23/h4-8H,9-10H2,1-3H3,(H,18,23)(H,19,24)(H,20,25). The number of hydrazine groups is 1. The summed E-state index contributed by atoms with van der Waals surface area (Å²) in [5, 5.41) is 6.84. The highest BCUT2D eigenvalue weighted by Gasteiger charge is 2.09. The van der Waals surface area contributed by atoms with Gasteiger partial charge in [0.1, 0.15) is 6.54 Å². The van der Waals surface area contributed by atoms with Crippen LogP contribution in [0.15, 0.2) is 30.3 Å². The molecule has 0 aliphatic heterocycles. The molecule has 2 aromatic rings. The summed E-state index contributed by atoms with van der Waals surface area (Å²) in [7, 11) is 0. The van der Waals surface area contributed by atoms with Crippen molar-refractivity contribution in [2.24, 2.45) is 0 Å². The predicted octanol–water partition coefficient (Wildman–Crippen LogP) is 0.848. The van der Waals surface area contributed by atoms with E-state index in [9.17, 15) is 14.4 Å². The number of nitrogens with zero attached hydrogens (tertiary/aromatic N) is 2. The van der Waals surface area contributed by atoms with Crippen LogP contribution in [0, 0.1) is 13.8 Å². The van der Waals surface area contributed by atoms with E-state index in [1.165, 1.54) is 6.92 Å². The second-order valence-corrected chi connectivity index (χ2v) is 5.74. The molecule has 2 rings (SSSR count). The van der Waals surface area contributed by atoms with Gasteiger partial charge in [-0.25, -0.2) is 0 Å². The minimum absolute atomic E-state index is 0.0331. The molecule has 1 heterocycles. The monoisotopic (exact) mass is 343 g/mol. The third-order valence-corrected chi connectivity index (χ3v) is 3.38. The summed E-state index contributed by atoms with van der Waals surface area (Å²) < 4.78 is 1.57. The van der Waals surface area contributed by atoms with Gasteiger partial charge in [0.2, 0.25) is 11.8 Å². The Hall–Kier alpha value is -3.16. The van der Waals surface area contributed by atoms with Gasteiger partial charge in [-0.2, -0.15) is 5.10 Å². The first kappa shape index (κ1) is 18.2. The molecule has 0 atom stereocenters. The van der Waals surface area contributed by atoms with E-state index >= 15 is 0 Å². The van der Waals surface area contributed by atoms with Gasteiger partial charge in [-0.1, -0.05) is 12.1 Å². The fourth-order valence-corrected chi connectivity index (χ4v) is 2.29. The van der Waals surface area contributed by atoms with E-state index in [0.717, 1.165) is 17.0 Å². The van der Waals surface area contributed by atoms with Crippen LogP contribution in [-0.2, 0) is 27.3 Å². The Bertz CT molecular complexity index is 780. The number of carbonyl (C=O) groups is 3. The minimum atomic E-state index is -0.361. The first-order valence-electron chi connectivity index (χ1n) is 7.79. The van der Waals surface area contributed by atoms with E-state index < -0.39 is 0 Å². The van der Waals surface area contributed by atoms with E-state index in [2.05, 4.69) is 21.3 Å². The number of aryl methyl sites for hydroxylation is 2. The van der Waals surface area contributed by atoms with E-state index in [-0.39, 0.29) is 30.7 Å². The highest BCUT2D eigenvalue weighted by atomic mass is 16.2. The smallest absolute Gasteiger partial charge is 0.260 e. The molecule has 0 saturated carbocycles. The Labute approximate surface area is 145 Å². The van der Waals surface area contributed by atoms with Crippen LogP contribution in [0.2, 0.25) is 0 Å². The average Bonchev–Trinajstić information content (AvgIpc) is 2.84. The molecule has 3 N–H and O–H groups in total. The molecule has 25 heavy (non-hydrogen) atoms. The fourth-order valence-electron chi connectivity index (χ4n) is 2.29. The molecule has 3 amide bonds. The molecule has 8 heteroatoms. The van der Waals surface area contributed by atoms with Crippen molar-refractivity contribution in [3.05, 3.63) is 47.3 Å². The number of hydrogen-bond donors (Lipinski definition) is 3. The summed E-state index contributed by atoms with van der Waals surface area (Å²) in [4.78, 5) is 34.7. The Balaban J connectivity index is 1.79. The van der Waals surface area contributed by atoms with E-state index in [1.54, 1.807) is 28.9 Å². The number of rotatable bonds is 5. The van der Waals surface area contributed by atoms with Crippen molar-refractivity contribution in [2.45, 2.75) is 33.7 Å². The van der Waals surface area contributed by atoms with Gasteiger partial charge < -0.3 is 5.32 Å². The summed E-state index contributed by atoms with van der Waals surface area (Å²) in [5.41, 5.74) is 7.87. The lowest BCUT2D eigenvalue weighted by molar-refractivity contribution is -0.129. The SMILES string of the molecule is CC(=O)Nc1ccc(CC(=O)NNC(=O)Cn2nc(C)cc2C)cc1. The van der Waals surface area contributed by atoms with Crippen molar-refractivity contribution >= 4 is 23.4 Å². The van der Waals surface area contributed by atoms with Crippen molar-refractivity contribution in [3.63, 3.8) is 0 Å². The molecule has 0 saturated heterocycles. The molecule has 0 fully saturated rings. The average molecular weight is 343 g/mol. The molecule has 1 aromatic heterocycles. The number of anilines is 1. The second-order valence-electron chi connectivity index (χ2n) is 5.74. The van der Waals surface area contributed by atoms with Crippen LogP contribution in [0.1, 0.15) is 23.9 Å². The lowest BCUT2D eigenvalue weighted by Crippen LogP contribution is -2.44. The largest absolute Gasteiger partial charge is 0.326 e. The van der Waals surface area contributed by atoms with E-state index in [0.29, 0.717) is 5.69 Å². The molecule has 0 radical (unpaired) electrons. The molecule has 0 spiro atoms. The summed E-state index contributed by atoms with van der Waals surface area (Å²) in [5.74, 6) is -0.856. The number of nitrogens with one attached hydrogen (secondary N) is 3. The van der Waals surface area contributed by atoms with Crippen LogP contribution in [0.25, 0.3) is 0 Å². The van der Waals surface area contributed by atoms with E-state index in [1.807, 2.05) is 19.9 Å². The number of aromatic nitrogens is 2. The molecule has 0 aliphatic rings. The summed E-state index contributed by atoms with van der Waals surface area (Å²) >= 11 is 0. The van der Waals surface area contributed by atoms with Crippen molar-refractivity contribution in [3.8, 4) is 0 Å². The summed E-state index contributed by atoms with van der Waals surface area (Å²) in [6.45, 7) is 5.17. The zero-order valence-electron chi connectivity index (χ0n) is 14.4. The first-order chi connectivity index (χ1) is 11.8. The molecule has 1 aromatic carbocycles. The van der Waals surface area contributed by atoms with Gasteiger partial charge >= 0.3 is 0 Å². The maximum Gasteiger partial charge on any atom is 0.260 e. The molecular formula is C17H21N5O3. The number of carbonyl (C=O) groups excluding carboxylic acids is 3. The van der Waals surface area contributed by atoms with Gasteiger partial charge in [0.25, 0.3) is 5.91 Å². The maximum atomic E-state index is 11.9. The van der Waals surface area contributed by atoms with Crippen LogP contribution in [0.5, 0.6) is 0 Å². The van der Waals surface area contributed by atoms with Crippen molar-refractivity contribution < 1.29 is 14.4 Å². The summed E-state index contributed by atoms with van der Waals surface area (Å²) in [6.07, 6.45) is 0.112. The van der Waals surface area contributed by atoms with Crippen LogP contribution < -0.4 is 16.2 Å². The normalized spacial score (nSPS) is 10.2. The molecule has 8 nitrogen and oxygen atoms in total. The Morgan fingerprint density at radius 1 is 1.04 bits per heavy atom. The topological polar surface area (TPSA) is 105 Å². The van der Waals surface area contributed by atoms with Crippen molar-refractivity contribution in [2.75, 3.05) is 5.32 Å². The van der Waals surface area contributed by atoms with Gasteiger partial charge in [-0.15, -0.1) is 0 Å². The lowest BCUT2D eigenvalue weighted by atomic mass is 10.1. The lowest BCUT2D eigenvalue weighted by Gasteiger charge is -2.09. The number of hydrogen-bond acceptors (Lipinski definition) is 4. The third-order valence-electron chi connectivity index (χ3n) is 3.38. The minimum Gasteiger partial charge on any atom is -0.326 e. The second kappa shape index (κ2) is 8.09. The summed E-state index contributed by atoms with van der Waals surface area (Å²) in [6, 6.07) is 8.78. The fraction of sp³-hybridized carbons (Fsp3) is 0.294. The van der Waals surface area contributed by atoms with E-state index in [4.69, 9.17) is 0 Å². The van der Waals surface area contributed by atoms with Crippen LogP contribution in [0.3, 0.4) is 0 Å². The molecule has 0 unspecified atom stereocenters. The third kappa shape index (κ3) is 5.76. The van der Waals surface area contributed by atoms with Gasteiger partial charge in [-0.05, 0) is 37.6 Å². The molecular weight excluding hydrogens is 322 g/mol. The molecule has 132 valence electrons. The maximum absolute atomic E-state index is 11.9. The van der Waals surface area contributed by atoms with Crippen LogP contribution in [-0.4, -0.2) is 27.5 Å². The Morgan fingerprint density at radius 2 is 1.68 bits per heavy atom. The van der Waals surface area contributed by atoms with Gasteiger partial charge in [0, 0.05) is 18.3 Å². The highest BCUT2D eigenvalue weighted by molar-refractivity contribution is 5.88. The zero-order valence-corrected chi connectivity index (χ0v) is 14.4. The quantitative estimate of drug-likeness (QED) is 0.700. The molecule has 0 aliphatic carbocycles. The highest BCUT2D eigenvalue weighted by Crippen LogP contribution is 2.09. The Morgan fingerprint density at radius 3 is 2.24 bits per heavy atom. The predicted molar refractivity (Wildman–Crippen MR) is 92.4 cm³/mol. The number of benzene rings is 1. The van der Waals surface area contributed by atoms with Gasteiger partial charge in [-0.3, -0.25) is 29.9 Å². The van der Waals surface area contributed by atoms with Crippen LogP contribution in [0.4, 0.5) is 5.69 Å². The van der Waals surface area contributed by atoms with Gasteiger partial charge in [0.15, 0.2) is 0 Å². The Kier molecular flexibility index (Phi) is 5.89. The van der Waals surface area contributed by atoms with Crippen LogP contribution >= 0.6 is 0 Å². The zero-order chi connectivity index (χ0) is 18.4.